The maximum absolute atomic E-state index is 5.23. The first-order valence-corrected chi connectivity index (χ1v) is 5.89. The van der Waals surface area contributed by atoms with E-state index in [0.717, 1.165) is 29.7 Å². The van der Waals surface area contributed by atoms with Crippen LogP contribution in [-0.4, -0.2) is 29.7 Å². The number of ether oxygens (including phenoxy) is 1. The van der Waals surface area contributed by atoms with E-state index in [1.54, 1.807) is 12.4 Å². The van der Waals surface area contributed by atoms with Gasteiger partial charge in [-0.05, 0) is 29.0 Å². The number of hydrogen-bond donors (Lipinski definition) is 1. The first-order valence-electron chi connectivity index (χ1n) is 4.81. The van der Waals surface area contributed by atoms with Crippen LogP contribution in [0.2, 0.25) is 0 Å². The van der Waals surface area contributed by atoms with E-state index in [1.807, 2.05) is 0 Å². The minimum absolute atomic E-state index is 0.683. The van der Waals surface area contributed by atoms with Gasteiger partial charge in [0.15, 0.2) is 0 Å². The SMILES string of the molecule is Ic1cnc(NCC2=CCOCC2)nc1. The Hall–Kier alpha value is -0.690. The van der Waals surface area contributed by atoms with Gasteiger partial charge in [0, 0.05) is 22.5 Å². The van der Waals surface area contributed by atoms with E-state index in [4.69, 9.17) is 4.74 Å². The Bertz CT molecular complexity index is 350. The molecular weight excluding hydrogens is 305 g/mol. The molecule has 80 valence electrons. The van der Waals surface area contributed by atoms with E-state index in [2.05, 4.69) is 44.0 Å². The first kappa shape index (κ1) is 10.8. The summed E-state index contributed by atoms with van der Waals surface area (Å²) in [6, 6.07) is 0. The number of hydrogen-bond acceptors (Lipinski definition) is 4. The summed E-state index contributed by atoms with van der Waals surface area (Å²) in [4.78, 5) is 8.35. The van der Waals surface area contributed by atoms with Crippen molar-refractivity contribution in [1.29, 1.82) is 0 Å². The minimum Gasteiger partial charge on any atom is -0.377 e. The molecule has 0 atom stereocenters. The monoisotopic (exact) mass is 317 g/mol. The Morgan fingerprint density at radius 3 is 2.87 bits per heavy atom. The summed E-state index contributed by atoms with van der Waals surface area (Å²) in [6.45, 7) is 2.36. The van der Waals surface area contributed by atoms with Crippen LogP contribution < -0.4 is 5.32 Å². The van der Waals surface area contributed by atoms with Gasteiger partial charge >= 0.3 is 0 Å². The molecule has 1 aliphatic rings. The van der Waals surface area contributed by atoms with Gasteiger partial charge in [-0.25, -0.2) is 9.97 Å². The number of nitrogens with zero attached hydrogens (tertiary/aromatic N) is 2. The molecular formula is C10H12IN3O. The summed E-state index contributed by atoms with van der Waals surface area (Å²) in [6.07, 6.45) is 6.71. The number of rotatable bonds is 3. The molecule has 1 N–H and O–H groups in total. The second kappa shape index (κ2) is 5.41. The largest absolute Gasteiger partial charge is 0.377 e. The Morgan fingerprint density at radius 2 is 2.20 bits per heavy atom. The molecule has 0 amide bonds. The van der Waals surface area contributed by atoms with Crippen LogP contribution in [0.1, 0.15) is 6.42 Å². The normalized spacial score (nSPS) is 15.9. The topological polar surface area (TPSA) is 47.0 Å². The maximum Gasteiger partial charge on any atom is 0.222 e. The number of nitrogens with one attached hydrogen (secondary N) is 1. The van der Waals surface area contributed by atoms with Gasteiger partial charge in [-0.1, -0.05) is 11.6 Å². The molecule has 0 saturated carbocycles. The molecule has 0 fully saturated rings. The van der Waals surface area contributed by atoms with Gasteiger partial charge in [-0.3, -0.25) is 0 Å². The van der Waals surface area contributed by atoms with Crippen LogP contribution in [0.25, 0.3) is 0 Å². The summed E-state index contributed by atoms with van der Waals surface area (Å²) in [7, 11) is 0. The molecule has 0 aliphatic carbocycles. The van der Waals surface area contributed by atoms with Crippen molar-refractivity contribution in [2.45, 2.75) is 6.42 Å². The molecule has 15 heavy (non-hydrogen) atoms. The van der Waals surface area contributed by atoms with Crippen molar-refractivity contribution in [1.82, 2.24) is 9.97 Å². The number of halogens is 1. The van der Waals surface area contributed by atoms with Crippen molar-refractivity contribution in [3.63, 3.8) is 0 Å². The predicted molar refractivity (Wildman–Crippen MR) is 66.8 cm³/mol. The Balaban J connectivity index is 1.87. The van der Waals surface area contributed by atoms with Crippen LogP contribution in [-0.2, 0) is 4.74 Å². The minimum atomic E-state index is 0.683. The van der Waals surface area contributed by atoms with Gasteiger partial charge in [-0.15, -0.1) is 0 Å². The molecule has 2 heterocycles. The molecule has 0 bridgehead atoms. The smallest absolute Gasteiger partial charge is 0.222 e. The molecule has 1 aliphatic heterocycles. The van der Waals surface area contributed by atoms with Gasteiger partial charge in [-0.2, -0.15) is 0 Å². The summed E-state index contributed by atoms with van der Waals surface area (Å²) in [5, 5.41) is 3.19. The van der Waals surface area contributed by atoms with E-state index < -0.39 is 0 Å². The van der Waals surface area contributed by atoms with Crippen LogP contribution in [0.3, 0.4) is 0 Å². The quantitative estimate of drug-likeness (QED) is 0.683. The van der Waals surface area contributed by atoms with Crippen molar-refractivity contribution >= 4 is 28.5 Å². The molecule has 1 aromatic rings. The fourth-order valence-electron chi connectivity index (χ4n) is 1.32. The van der Waals surface area contributed by atoms with Crippen molar-refractivity contribution in [3.8, 4) is 0 Å². The standard InChI is InChI=1S/C10H12IN3O/c11-9-6-13-10(14-7-9)12-5-8-1-3-15-4-2-8/h1,6-7H,2-5H2,(H,12,13,14). The van der Waals surface area contributed by atoms with Crippen molar-refractivity contribution in [3.05, 3.63) is 27.6 Å². The van der Waals surface area contributed by atoms with E-state index in [9.17, 15) is 0 Å². The lowest BCUT2D eigenvalue weighted by Gasteiger charge is -2.13. The Kier molecular flexibility index (Phi) is 3.90. The maximum atomic E-state index is 5.23. The van der Waals surface area contributed by atoms with Gasteiger partial charge in [0.2, 0.25) is 5.95 Å². The van der Waals surface area contributed by atoms with E-state index in [1.165, 1.54) is 5.57 Å². The highest BCUT2D eigenvalue weighted by molar-refractivity contribution is 14.1. The van der Waals surface area contributed by atoms with Crippen molar-refractivity contribution in [2.24, 2.45) is 0 Å². The zero-order valence-corrected chi connectivity index (χ0v) is 10.4. The average molecular weight is 317 g/mol. The highest BCUT2D eigenvalue weighted by Gasteiger charge is 2.03. The third-order valence-corrected chi connectivity index (χ3v) is 2.71. The zero-order chi connectivity index (χ0) is 10.5. The molecule has 0 aromatic carbocycles. The van der Waals surface area contributed by atoms with Gasteiger partial charge in [0.1, 0.15) is 0 Å². The van der Waals surface area contributed by atoms with Crippen LogP contribution in [0, 0.1) is 3.57 Å². The van der Waals surface area contributed by atoms with Gasteiger partial charge in [0.25, 0.3) is 0 Å². The van der Waals surface area contributed by atoms with E-state index in [0.29, 0.717) is 5.95 Å². The second-order valence-corrected chi connectivity index (χ2v) is 4.51. The molecule has 0 radical (unpaired) electrons. The molecule has 0 saturated heterocycles. The van der Waals surface area contributed by atoms with Gasteiger partial charge < -0.3 is 10.1 Å². The summed E-state index contributed by atoms with van der Waals surface area (Å²) < 4.78 is 6.28. The summed E-state index contributed by atoms with van der Waals surface area (Å²) in [5.74, 6) is 0.683. The lowest BCUT2D eigenvalue weighted by molar-refractivity contribution is 0.154. The first-order chi connectivity index (χ1) is 7.34. The van der Waals surface area contributed by atoms with E-state index >= 15 is 0 Å². The molecule has 0 spiro atoms. The van der Waals surface area contributed by atoms with Crippen molar-refractivity contribution < 1.29 is 4.74 Å². The summed E-state index contributed by atoms with van der Waals surface area (Å²) in [5.41, 5.74) is 1.36. The lowest BCUT2D eigenvalue weighted by atomic mass is 10.1. The average Bonchev–Trinajstić information content (AvgIpc) is 2.30. The molecule has 4 nitrogen and oxygen atoms in total. The van der Waals surface area contributed by atoms with E-state index in [-0.39, 0.29) is 0 Å². The highest BCUT2D eigenvalue weighted by Crippen LogP contribution is 2.09. The molecule has 2 rings (SSSR count). The molecule has 5 heteroatoms. The lowest BCUT2D eigenvalue weighted by Crippen LogP contribution is -2.13. The second-order valence-electron chi connectivity index (χ2n) is 3.27. The zero-order valence-electron chi connectivity index (χ0n) is 8.24. The van der Waals surface area contributed by atoms with Gasteiger partial charge in [0.05, 0.1) is 13.2 Å². The Labute approximate surface area is 102 Å². The summed E-state index contributed by atoms with van der Waals surface area (Å²) >= 11 is 2.19. The number of anilines is 1. The Morgan fingerprint density at radius 1 is 1.40 bits per heavy atom. The third kappa shape index (κ3) is 3.42. The fourth-order valence-corrected chi connectivity index (χ4v) is 1.60. The molecule has 0 unspecified atom stereocenters. The third-order valence-electron chi connectivity index (χ3n) is 2.15. The molecule has 1 aromatic heterocycles. The predicted octanol–water partition coefficient (Wildman–Crippen LogP) is 1.84. The van der Waals surface area contributed by atoms with Crippen LogP contribution >= 0.6 is 22.6 Å². The van der Waals surface area contributed by atoms with Crippen LogP contribution in [0.5, 0.6) is 0 Å². The van der Waals surface area contributed by atoms with Crippen LogP contribution in [0.4, 0.5) is 5.95 Å². The fraction of sp³-hybridized carbons (Fsp3) is 0.400. The van der Waals surface area contributed by atoms with Crippen molar-refractivity contribution in [2.75, 3.05) is 25.1 Å². The van der Waals surface area contributed by atoms with Crippen LogP contribution in [0.15, 0.2) is 24.0 Å². The highest BCUT2D eigenvalue weighted by atomic mass is 127. The number of aromatic nitrogens is 2.